The highest BCUT2D eigenvalue weighted by Crippen LogP contribution is 2.25. The lowest BCUT2D eigenvalue weighted by Gasteiger charge is -2.32. The molecule has 1 unspecified atom stereocenters. The minimum Gasteiger partial charge on any atom is -0.354 e. The van der Waals surface area contributed by atoms with Crippen molar-refractivity contribution in [2.24, 2.45) is 0 Å². The van der Waals surface area contributed by atoms with E-state index in [1.165, 1.54) is 10.6 Å². The molecule has 220 valence electrons. The molecule has 0 saturated carbocycles. The number of carbonyl (C=O) groups excluding carboxylic acids is 2. The number of amides is 2. The summed E-state index contributed by atoms with van der Waals surface area (Å²) in [5.41, 5.74) is 5.40. The highest BCUT2D eigenvalue weighted by atomic mass is 32.2. The van der Waals surface area contributed by atoms with Crippen LogP contribution < -0.4 is 9.62 Å². The van der Waals surface area contributed by atoms with E-state index >= 15 is 0 Å². The van der Waals surface area contributed by atoms with Crippen LogP contribution in [0.3, 0.4) is 0 Å². The Bertz CT molecular complexity index is 1420. The zero-order valence-corrected chi connectivity index (χ0v) is 25.7. The lowest BCUT2D eigenvalue weighted by Crippen LogP contribution is -2.50. The van der Waals surface area contributed by atoms with Gasteiger partial charge in [0.2, 0.25) is 21.8 Å². The van der Waals surface area contributed by atoms with Gasteiger partial charge in [-0.2, -0.15) is 0 Å². The maximum absolute atomic E-state index is 13.9. The third kappa shape index (κ3) is 9.46. The Labute approximate surface area is 245 Å². The molecule has 1 atom stereocenters. The normalized spacial score (nSPS) is 12.0. The summed E-state index contributed by atoms with van der Waals surface area (Å²) >= 11 is 0. The van der Waals surface area contributed by atoms with Crippen molar-refractivity contribution >= 4 is 27.5 Å². The second kappa shape index (κ2) is 14.8. The van der Waals surface area contributed by atoms with E-state index in [-0.39, 0.29) is 31.3 Å². The first-order valence-corrected chi connectivity index (χ1v) is 16.1. The zero-order chi connectivity index (χ0) is 30.0. The quantitative estimate of drug-likeness (QED) is 0.281. The number of anilines is 1. The summed E-state index contributed by atoms with van der Waals surface area (Å²) in [6.45, 7) is 8.76. The number of sulfonamides is 1. The predicted molar refractivity (Wildman–Crippen MR) is 166 cm³/mol. The van der Waals surface area contributed by atoms with Gasteiger partial charge in [-0.15, -0.1) is 0 Å². The Morgan fingerprint density at radius 2 is 1.56 bits per heavy atom. The van der Waals surface area contributed by atoms with Crippen molar-refractivity contribution in [3.8, 4) is 0 Å². The predicted octanol–water partition coefficient (Wildman–Crippen LogP) is 5.32. The fraction of sp³-hybridized carbons (Fsp3) is 0.394. The van der Waals surface area contributed by atoms with Crippen LogP contribution in [0.2, 0.25) is 0 Å². The molecule has 0 aliphatic carbocycles. The molecule has 0 radical (unpaired) electrons. The number of nitrogens with one attached hydrogen (secondary N) is 1. The average Bonchev–Trinajstić information content (AvgIpc) is 2.93. The van der Waals surface area contributed by atoms with Crippen molar-refractivity contribution in [1.29, 1.82) is 0 Å². The van der Waals surface area contributed by atoms with Crippen molar-refractivity contribution in [3.63, 3.8) is 0 Å². The van der Waals surface area contributed by atoms with E-state index in [9.17, 15) is 18.0 Å². The molecule has 0 spiro atoms. The molecular formula is C33H43N3O4S. The van der Waals surface area contributed by atoms with Crippen molar-refractivity contribution in [2.75, 3.05) is 23.7 Å². The van der Waals surface area contributed by atoms with E-state index in [0.717, 1.165) is 34.2 Å². The maximum Gasteiger partial charge on any atom is 0.243 e. The lowest BCUT2D eigenvalue weighted by molar-refractivity contribution is -0.141. The number of benzene rings is 3. The van der Waals surface area contributed by atoms with E-state index in [1.807, 2.05) is 100 Å². The van der Waals surface area contributed by atoms with Crippen molar-refractivity contribution < 1.29 is 18.0 Å². The summed E-state index contributed by atoms with van der Waals surface area (Å²) in [5.74, 6) is -0.377. The molecule has 0 saturated heterocycles. The summed E-state index contributed by atoms with van der Waals surface area (Å²) in [4.78, 5) is 29.1. The van der Waals surface area contributed by atoms with Gasteiger partial charge < -0.3 is 10.2 Å². The smallest absolute Gasteiger partial charge is 0.243 e. The van der Waals surface area contributed by atoms with E-state index in [4.69, 9.17) is 0 Å². The molecule has 1 N–H and O–H groups in total. The molecule has 0 aliphatic rings. The number of hydrogen-bond donors (Lipinski definition) is 1. The van der Waals surface area contributed by atoms with Gasteiger partial charge in [0.1, 0.15) is 6.04 Å². The van der Waals surface area contributed by atoms with Crippen LogP contribution in [0.15, 0.2) is 72.8 Å². The van der Waals surface area contributed by atoms with Crippen molar-refractivity contribution in [3.05, 3.63) is 101 Å². The van der Waals surface area contributed by atoms with Crippen LogP contribution in [0.5, 0.6) is 0 Å². The molecule has 41 heavy (non-hydrogen) atoms. The minimum absolute atomic E-state index is 0.106. The standard InChI is InChI=1S/C33H43N3O4S/c1-6-19-34-33(38)31(23-28-13-8-7-9-14-28)35(24-29-15-10-12-25(2)21-29)32(37)16-11-20-36(41(5,39)40)30-22-26(3)17-18-27(30)4/h7-10,12-15,17-18,21-22,31H,6,11,16,19-20,23-24H2,1-5H3,(H,34,38). The fourth-order valence-corrected chi connectivity index (χ4v) is 5.91. The number of nitrogens with zero attached hydrogens (tertiary/aromatic N) is 2. The number of aryl methyl sites for hydroxylation is 3. The van der Waals surface area contributed by atoms with Gasteiger partial charge in [0.25, 0.3) is 0 Å². The van der Waals surface area contributed by atoms with Crippen molar-refractivity contribution in [1.82, 2.24) is 10.2 Å². The van der Waals surface area contributed by atoms with Crippen LogP contribution in [0.1, 0.15) is 54.0 Å². The summed E-state index contributed by atoms with van der Waals surface area (Å²) < 4.78 is 26.9. The summed E-state index contributed by atoms with van der Waals surface area (Å²) in [6.07, 6.45) is 2.78. The molecule has 0 bridgehead atoms. The summed E-state index contributed by atoms with van der Waals surface area (Å²) in [7, 11) is -3.57. The molecule has 7 nitrogen and oxygen atoms in total. The van der Waals surface area contributed by atoms with Gasteiger partial charge >= 0.3 is 0 Å². The lowest BCUT2D eigenvalue weighted by atomic mass is 10.0. The highest BCUT2D eigenvalue weighted by Gasteiger charge is 2.30. The summed E-state index contributed by atoms with van der Waals surface area (Å²) in [6, 6.07) is 22.6. The van der Waals surface area contributed by atoms with Gasteiger partial charge in [-0.1, -0.05) is 79.2 Å². The number of carbonyl (C=O) groups is 2. The largest absolute Gasteiger partial charge is 0.354 e. The summed E-state index contributed by atoms with van der Waals surface area (Å²) in [5, 5.41) is 2.99. The topological polar surface area (TPSA) is 86.8 Å². The molecule has 0 aliphatic heterocycles. The third-order valence-electron chi connectivity index (χ3n) is 7.04. The molecule has 8 heteroatoms. The number of rotatable bonds is 14. The fourth-order valence-electron chi connectivity index (χ4n) is 4.90. The monoisotopic (exact) mass is 577 g/mol. The second-order valence-electron chi connectivity index (χ2n) is 10.7. The van der Waals surface area contributed by atoms with Crippen LogP contribution in [-0.4, -0.2) is 50.5 Å². The first-order chi connectivity index (χ1) is 19.5. The first kappa shape index (κ1) is 31.9. The van der Waals surface area contributed by atoms with Crippen LogP contribution in [0.4, 0.5) is 5.69 Å². The Morgan fingerprint density at radius 3 is 2.22 bits per heavy atom. The van der Waals surface area contributed by atoms with E-state index in [2.05, 4.69) is 5.32 Å². The van der Waals surface area contributed by atoms with Gasteiger partial charge in [-0.25, -0.2) is 8.42 Å². The Hall–Kier alpha value is -3.65. The maximum atomic E-state index is 13.9. The van der Waals surface area contributed by atoms with Crippen LogP contribution in [0, 0.1) is 20.8 Å². The Kier molecular flexibility index (Phi) is 11.5. The van der Waals surface area contributed by atoms with Gasteiger partial charge in [0, 0.05) is 32.5 Å². The number of hydrogen-bond acceptors (Lipinski definition) is 4. The molecular weight excluding hydrogens is 534 g/mol. The molecule has 0 aromatic heterocycles. The van der Waals surface area contributed by atoms with E-state index in [0.29, 0.717) is 25.1 Å². The third-order valence-corrected chi connectivity index (χ3v) is 8.22. The molecule has 3 aromatic carbocycles. The second-order valence-corrected chi connectivity index (χ2v) is 12.6. The molecule has 2 amide bonds. The molecule has 3 aromatic rings. The highest BCUT2D eigenvalue weighted by molar-refractivity contribution is 7.92. The first-order valence-electron chi connectivity index (χ1n) is 14.2. The zero-order valence-electron chi connectivity index (χ0n) is 24.9. The van der Waals surface area contributed by atoms with Gasteiger partial charge in [-0.3, -0.25) is 13.9 Å². The Balaban J connectivity index is 1.89. The minimum atomic E-state index is -3.57. The van der Waals surface area contributed by atoms with E-state index in [1.54, 1.807) is 4.90 Å². The van der Waals surface area contributed by atoms with Crippen LogP contribution in [-0.2, 0) is 32.6 Å². The Morgan fingerprint density at radius 1 is 0.878 bits per heavy atom. The van der Waals surface area contributed by atoms with Gasteiger partial charge in [0.05, 0.1) is 11.9 Å². The van der Waals surface area contributed by atoms with Gasteiger partial charge in [-0.05, 0) is 61.9 Å². The van der Waals surface area contributed by atoms with E-state index < -0.39 is 16.1 Å². The van der Waals surface area contributed by atoms with Crippen LogP contribution >= 0.6 is 0 Å². The molecule has 0 heterocycles. The molecule has 3 rings (SSSR count). The SMILES string of the molecule is CCCNC(=O)C(Cc1ccccc1)N(Cc1cccc(C)c1)C(=O)CCCN(c1cc(C)ccc1C)S(C)(=O)=O. The van der Waals surface area contributed by atoms with Gasteiger partial charge in [0.15, 0.2) is 0 Å². The molecule has 0 fully saturated rings. The van der Waals surface area contributed by atoms with Crippen LogP contribution in [0.25, 0.3) is 0 Å². The van der Waals surface area contributed by atoms with Crippen molar-refractivity contribution in [2.45, 2.75) is 66.0 Å². The average molecular weight is 578 g/mol.